The number of hydrogen-bond donors (Lipinski definition) is 1. The molecule has 0 spiro atoms. The summed E-state index contributed by atoms with van der Waals surface area (Å²) < 4.78 is 13.2. The van der Waals surface area contributed by atoms with Crippen LogP contribution in [0.2, 0.25) is 0 Å². The summed E-state index contributed by atoms with van der Waals surface area (Å²) in [5, 5.41) is 3.08. The number of anilines is 1. The molecule has 1 nitrogen and oxygen atoms in total. The van der Waals surface area contributed by atoms with Crippen molar-refractivity contribution >= 4 is 5.69 Å². The molecule has 0 saturated heterocycles. The summed E-state index contributed by atoms with van der Waals surface area (Å²) in [7, 11) is 1.87. The van der Waals surface area contributed by atoms with Crippen LogP contribution in [0.3, 0.4) is 0 Å². The molecule has 0 radical (unpaired) electrons. The van der Waals surface area contributed by atoms with E-state index < -0.39 is 0 Å². The Morgan fingerprint density at radius 2 is 1.88 bits per heavy atom. The molecule has 16 heavy (non-hydrogen) atoms. The summed E-state index contributed by atoms with van der Waals surface area (Å²) in [6.45, 7) is 1.99. The fourth-order valence-electron chi connectivity index (χ4n) is 1.75. The summed E-state index contributed by atoms with van der Waals surface area (Å²) in [6, 6.07) is 12.8. The average molecular weight is 215 g/mol. The second-order valence-electron chi connectivity index (χ2n) is 3.79. The van der Waals surface area contributed by atoms with Crippen LogP contribution in [0.5, 0.6) is 0 Å². The summed E-state index contributed by atoms with van der Waals surface area (Å²) in [5.74, 6) is -0.199. The van der Waals surface area contributed by atoms with E-state index in [1.807, 2.05) is 38.2 Å². The maximum Gasteiger partial charge on any atom is 0.123 e. The van der Waals surface area contributed by atoms with Crippen molar-refractivity contribution in [3.63, 3.8) is 0 Å². The van der Waals surface area contributed by atoms with Gasteiger partial charge in [-0.3, -0.25) is 0 Å². The topological polar surface area (TPSA) is 12.0 Å². The van der Waals surface area contributed by atoms with Crippen molar-refractivity contribution in [3.8, 4) is 11.1 Å². The third-order valence-electron chi connectivity index (χ3n) is 2.66. The molecule has 0 saturated carbocycles. The van der Waals surface area contributed by atoms with Crippen LogP contribution in [0.1, 0.15) is 5.56 Å². The molecule has 0 aliphatic rings. The lowest BCUT2D eigenvalue weighted by molar-refractivity contribution is 0.628. The van der Waals surface area contributed by atoms with E-state index in [-0.39, 0.29) is 5.82 Å². The Labute approximate surface area is 94.9 Å². The lowest BCUT2D eigenvalue weighted by Gasteiger charge is -2.08. The Kier molecular flexibility index (Phi) is 2.91. The van der Waals surface area contributed by atoms with Crippen molar-refractivity contribution in [1.82, 2.24) is 0 Å². The highest BCUT2D eigenvalue weighted by atomic mass is 19.1. The van der Waals surface area contributed by atoms with Gasteiger partial charge in [0.1, 0.15) is 5.82 Å². The first-order chi connectivity index (χ1) is 7.70. The Balaban J connectivity index is 2.53. The minimum Gasteiger partial charge on any atom is -0.388 e. The molecule has 2 heteroatoms. The zero-order valence-electron chi connectivity index (χ0n) is 9.42. The van der Waals surface area contributed by atoms with Gasteiger partial charge in [0.05, 0.1) is 0 Å². The van der Waals surface area contributed by atoms with Crippen LogP contribution >= 0.6 is 0 Å². The molecule has 0 heterocycles. The van der Waals surface area contributed by atoms with Gasteiger partial charge in [-0.1, -0.05) is 18.2 Å². The third kappa shape index (κ3) is 2.06. The van der Waals surface area contributed by atoms with Gasteiger partial charge in [0.25, 0.3) is 0 Å². The molecule has 0 atom stereocenters. The standard InChI is InChI=1S/C14H14FN/c1-10-6-7-12(15)9-14(10)11-4-3-5-13(8-11)16-2/h3-9,16H,1-2H3. The molecule has 0 aromatic heterocycles. The van der Waals surface area contributed by atoms with Gasteiger partial charge in [-0.2, -0.15) is 0 Å². The van der Waals surface area contributed by atoms with Crippen LogP contribution in [-0.2, 0) is 0 Å². The summed E-state index contributed by atoms with van der Waals surface area (Å²) in [6.07, 6.45) is 0. The first kappa shape index (κ1) is 10.7. The molecular formula is C14H14FN. The number of halogens is 1. The summed E-state index contributed by atoms with van der Waals surface area (Å²) in [4.78, 5) is 0. The highest BCUT2D eigenvalue weighted by molar-refractivity contribution is 5.70. The van der Waals surface area contributed by atoms with Crippen LogP contribution in [0.4, 0.5) is 10.1 Å². The number of benzene rings is 2. The fourth-order valence-corrected chi connectivity index (χ4v) is 1.75. The van der Waals surface area contributed by atoms with Crippen LogP contribution in [-0.4, -0.2) is 7.05 Å². The van der Waals surface area contributed by atoms with Gasteiger partial charge in [0.15, 0.2) is 0 Å². The maximum atomic E-state index is 13.2. The maximum absolute atomic E-state index is 13.2. The molecule has 2 aromatic carbocycles. The largest absolute Gasteiger partial charge is 0.388 e. The van der Waals surface area contributed by atoms with E-state index >= 15 is 0 Å². The molecule has 0 aliphatic heterocycles. The number of nitrogens with one attached hydrogen (secondary N) is 1. The van der Waals surface area contributed by atoms with Crippen LogP contribution in [0, 0.1) is 12.7 Å². The van der Waals surface area contributed by atoms with Crippen molar-refractivity contribution in [2.24, 2.45) is 0 Å². The Morgan fingerprint density at radius 1 is 1.06 bits per heavy atom. The Bertz CT molecular complexity index is 506. The summed E-state index contributed by atoms with van der Waals surface area (Å²) >= 11 is 0. The molecule has 0 unspecified atom stereocenters. The number of aryl methyl sites for hydroxylation is 1. The number of rotatable bonds is 2. The van der Waals surface area contributed by atoms with Crippen LogP contribution in [0.15, 0.2) is 42.5 Å². The molecule has 0 amide bonds. The predicted octanol–water partition coefficient (Wildman–Crippen LogP) is 3.84. The van der Waals surface area contributed by atoms with E-state index in [1.54, 1.807) is 12.1 Å². The zero-order chi connectivity index (χ0) is 11.5. The normalized spacial score (nSPS) is 10.2. The minimum absolute atomic E-state index is 0.199. The van der Waals surface area contributed by atoms with Gasteiger partial charge in [-0.15, -0.1) is 0 Å². The van der Waals surface area contributed by atoms with Gasteiger partial charge in [0.2, 0.25) is 0 Å². The van der Waals surface area contributed by atoms with Gasteiger partial charge < -0.3 is 5.32 Å². The average Bonchev–Trinajstić information content (AvgIpc) is 2.32. The lowest BCUT2D eigenvalue weighted by atomic mass is 10.00. The quantitative estimate of drug-likeness (QED) is 0.802. The molecule has 82 valence electrons. The van der Waals surface area contributed by atoms with Gasteiger partial charge in [-0.05, 0) is 47.9 Å². The van der Waals surface area contributed by atoms with Gasteiger partial charge in [-0.25, -0.2) is 4.39 Å². The fraction of sp³-hybridized carbons (Fsp3) is 0.143. The number of hydrogen-bond acceptors (Lipinski definition) is 1. The second kappa shape index (κ2) is 4.35. The van der Waals surface area contributed by atoms with E-state index in [4.69, 9.17) is 0 Å². The molecule has 1 N–H and O–H groups in total. The Morgan fingerprint density at radius 3 is 2.62 bits per heavy atom. The Hall–Kier alpha value is -1.83. The van der Waals surface area contributed by atoms with Gasteiger partial charge >= 0.3 is 0 Å². The van der Waals surface area contributed by atoms with Crippen LogP contribution < -0.4 is 5.32 Å². The zero-order valence-corrected chi connectivity index (χ0v) is 9.42. The highest BCUT2D eigenvalue weighted by Gasteiger charge is 2.03. The summed E-state index contributed by atoms with van der Waals surface area (Å²) in [5.41, 5.74) is 4.08. The van der Waals surface area contributed by atoms with Gasteiger partial charge in [0, 0.05) is 12.7 Å². The van der Waals surface area contributed by atoms with Crippen molar-refractivity contribution in [2.75, 3.05) is 12.4 Å². The molecule has 2 rings (SSSR count). The molecular weight excluding hydrogens is 201 g/mol. The molecule has 0 bridgehead atoms. The van der Waals surface area contributed by atoms with Crippen molar-refractivity contribution in [3.05, 3.63) is 53.8 Å². The smallest absolute Gasteiger partial charge is 0.123 e. The molecule has 0 fully saturated rings. The SMILES string of the molecule is CNc1cccc(-c2cc(F)ccc2C)c1. The minimum atomic E-state index is -0.199. The molecule has 2 aromatic rings. The molecule has 0 aliphatic carbocycles. The monoisotopic (exact) mass is 215 g/mol. The third-order valence-corrected chi connectivity index (χ3v) is 2.66. The first-order valence-corrected chi connectivity index (χ1v) is 5.25. The van der Waals surface area contributed by atoms with Crippen LogP contribution in [0.25, 0.3) is 11.1 Å². The van der Waals surface area contributed by atoms with E-state index in [9.17, 15) is 4.39 Å². The van der Waals surface area contributed by atoms with Crippen molar-refractivity contribution in [1.29, 1.82) is 0 Å². The van der Waals surface area contributed by atoms with E-state index in [2.05, 4.69) is 5.32 Å². The van der Waals surface area contributed by atoms with E-state index in [1.165, 1.54) is 6.07 Å². The first-order valence-electron chi connectivity index (χ1n) is 5.25. The second-order valence-corrected chi connectivity index (χ2v) is 3.79. The van der Waals surface area contributed by atoms with Crippen molar-refractivity contribution in [2.45, 2.75) is 6.92 Å². The van der Waals surface area contributed by atoms with Crippen molar-refractivity contribution < 1.29 is 4.39 Å². The highest BCUT2D eigenvalue weighted by Crippen LogP contribution is 2.26. The predicted molar refractivity (Wildman–Crippen MR) is 66.1 cm³/mol. The van der Waals surface area contributed by atoms with E-state index in [0.29, 0.717) is 0 Å². The lowest BCUT2D eigenvalue weighted by Crippen LogP contribution is -1.89. The van der Waals surface area contributed by atoms with E-state index in [0.717, 1.165) is 22.4 Å².